The molecule has 1 aromatic heterocycles. The molecule has 1 aliphatic heterocycles. The van der Waals surface area contributed by atoms with Crippen LogP contribution >= 0.6 is 11.6 Å². The Bertz CT molecular complexity index is 777. The molecule has 6 heteroatoms. The van der Waals surface area contributed by atoms with Crippen LogP contribution in [0.25, 0.3) is 0 Å². The zero-order valence-corrected chi connectivity index (χ0v) is 16.2. The van der Waals surface area contributed by atoms with Gasteiger partial charge in [-0.2, -0.15) is 5.10 Å². The highest BCUT2D eigenvalue weighted by atomic mass is 35.5. The van der Waals surface area contributed by atoms with E-state index in [2.05, 4.69) is 29.2 Å². The van der Waals surface area contributed by atoms with E-state index in [1.807, 2.05) is 30.3 Å². The number of hydrogen-bond acceptors (Lipinski definition) is 4. The van der Waals surface area contributed by atoms with Gasteiger partial charge in [-0.25, -0.2) is 4.68 Å². The number of anilines is 1. The number of nitrogens with one attached hydrogen (secondary N) is 1. The Morgan fingerprint density at radius 2 is 2.12 bits per heavy atom. The second-order valence-corrected chi connectivity index (χ2v) is 7.67. The van der Waals surface area contributed by atoms with Crippen molar-refractivity contribution in [1.29, 1.82) is 0 Å². The number of likely N-dealkylation sites (tertiary alicyclic amines) is 1. The number of piperidine rings is 1. The van der Waals surface area contributed by atoms with Crippen LogP contribution in [0.3, 0.4) is 0 Å². The van der Waals surface area contributed by atoms with Gasteiger partial charge < -0.3 is 5.32 Å². The SMILES string of the molecule is CC1CCCN(C(C)CNc2cnn(Cc3ccccc3)c(=O)c2Cl)C1. The van der Waals surface area contributed by atoms with E-state index in [1.54, 1.807) is 6.20 Å². The van der Waals surface area contributed by atoms with Gasteiger partial charge in [0.1, 0.15) is 5.02 Å². The predicted octanol–water partition coefficient (Wildman–Crippen LogP) is 3.48. The average molecular weight is 375 g/mol. The lowest BCUT2D eigenvalue weighted by atomic mass is 9.99. The lowest BCUT2D eigenvalue weighted by Crippen LogP contribution is -2.43. The second-order valence-electron chi connectivity index (χ2n) is 7.29. The Labute approximate surface area is 160 Å². The van der Waals surface area contributed by atoms with Crippen molar-refractivity contribution in [3.8, 4) is 0 Å². The third kappa shape index (κ3) is 4.65. The molecule has 0 amide bonds. The van der Waals surface area contributed by atoms with Crippen LogP contribution in [0.4, 0.5) is 5.69 Å². The molecule has 2 heterocycles. The monoisotopic (exact) mass is 374 g/mol. The molecular weight excluding hydrogens is 348 g/mol. The van der Waals surface area contributed by atoms with Crippen molar-refractivity contribution in [1.82, 2.24) is 14.7 Å². The second kappa shape index (κ2) is 8.69. The largest absolute Gasteiger partial charge is 0.381 e. The Morgan fingerprint density at radius 1 is 1.35 bits per heavy atom. The first-order chi connectivity index (χ1) is 12.5. The molecule has 5 nitrogen and oxygen atoms in total. The standard InChI is InChI=1S/C20H27ClN4O/c1-15-7-6-10-24(13-15)16(2)11-22-18-12-23-25(20(26)19(18)21)14-17-8-4-3-5-9-17/h3-5,8-9,12,15-16,22H,6-7,10-11,13-14H2,1-2H3. The van der Waals surface area contributed by atoms with Gasteiger partial charge in [0, 0.05) is 19.1 Å². The minimum Gasteiger partial charge on any atom is -0.381 e. The van der Waals surface area contributed by atoms with Crippen LogP contribution in [0.1, 0.15) is 32.3 Å². The summed E-state index contributed by atoms with van der Waals surface area (Å²) in [6, 6.07) is 10.2. The van der Waals surface area contributed by atoms with E-state index >= 15 is 0 Å². The highest BCUT2D eigenvalue weighted by molar-refractivity contribution is 6.32. The maximum atomic E-state index is 12.5. The Kier molecular flexibility index (Phi) is 6.33. The zero-order chi connectivity index (χ0) is 18.5. The predicted molar refractivity (Wildman–Crippen MR) is 107 cm³/mol. The maximum absolute atomic E-state index is 12.5. The van der Waals surface area contributed by atoms with Crippen LogP contribution in [0.5, 0.6) is 0 Å². The van der Waals surface area contributed by atoms with Crippen LogP contribution in [0.15, 0.2) is 41.3 Å². The smallest absolute Gasteiger partial charge is 0.287 e. The van der Waals surface area contributed by atoms with Crippen molar-refractivity contribution < 1.29 is 0 Å². The molecule has 2 unspecified atom stereocenters. The Balaban J connectivity index is 1.64. The van der Waals surface area contributed by atoms with Crippen LogP contribution in [-0.2, 0) is 6.54 Å². The third-order valence-corrected chi connectivity index (χ3v) is 5.43. The van der Waals surface area contributed by atoms with Gasteiger partial charge in [0.15, 0.2) is 0 Å². The van der Waals surface area contributed by atoms with Crippen molar-refractivity contribution >= 4 is 17.3 Å². The molecule has 0 spiro atoms. The molecule has 3 rings (SSSR count). The van der Waals surface area contributed by atoms with Gasteiger partial charge in [0.25, 0.3) is 5.56 Å². The molecule has 1 aromatic carbocycles. The summed E-state index contributed by atoms with van der Waals surface area (Å²) in [7, 11) is 0. The first-order valence-electron chi connectivity index (χ1n) is 9.32. The summed E-state index contributed by atoms with van der Waals surface area (Å²) in [4.78, 5) is 15.0. The maximum Gasteiger partial charge on any atom is 0.287 e. The van der Waals surface area contributed by atoms with E-state index in [9.17, 15) is 4.79 Å². The van der Waals surface area contributed by atoms with Crippen molar-refractivity contribution in [3.63, 3.8) is 0 Å². The number of rotatable bonds is 6. The minimum absolute atomic E-state index is 0.204. The summed E-state index contributed by atoms with van der Waals surface area (Å²) in [5.74, 6) is 0.748. The molecule has 0 aliphatic carbocycles. The summed E-state index contributed by atoms with van der Waals surface area (Å²) >= 11 is 6.31. The third-order valence-electron chi connectivity index (χ3n) is 5.06. The number of aromatic nitrogens is 2. The lowest BCUT2D eigenvalue weighted by molar-refractivity contribution is 0.144. The molecule has 2 aromatic rings. The fraction of sp³-hybridized carbons (Fsp3) is 0.500. The van der Waals surface area contributed by atoms with E-state index in [0.717, 1.165) is 31.1 Å². The minimum atomic E-state index is -0.264. The normalized spacial score (nSPS) is 19.3. The molecule has 0 radical (unpaired) electrons. The summed E-state index contributed by atoms with van der Waals surface area (Å²) in [6.45, 7) is 7.95. The molecule has 2 atom stereocenters. The van der Waals surface area contributed by atoms with Gasteiger partial charge in [-0.1, -0.05) is 48.9 Å². The van der Waals surface area contributed by atoms with Gasteiger partial charge in [0.05, 0.1) is 18.4 Å². The molecule has 1 saturated heterocycles. The molecule has 0 bridgehead atoms. The highest BCUT2D eigenvalue weighted by Gasteiger charge is 2.21. The number of hydrogen-bond donors (Lipinski definition) is 1. The number of nitrogens with zero attached hydrogens (tertiary/aromatic N) is 3. The summed E-state index contributed by atoms with van der Waals surface area (Å²) in [5, 5.41) is 7.79. The molecule has 0 saturated carbocycles. The van der Waals surface area contributed by atoms with Crippen LogP contribution < -0.4 is 10.9 Å². The molecule has 1 aliphatic rings. The van der Waals surface area contributed by atoms with Crippen molar-refractivity contribution in [2.45, 2.75) is 39.3 Å². The quantitative estimate of drug-likeness (QED) is 0.841. The number of halogens is 1. The van der Waals surface area contributed by atoms with E-state index in [0.29, 0.717) is 18.3 Å². The first kappa shape index (κ1) is 18.9. The van der Waals surface area contributed by atoms with E-state index in [-0.39, 0.29) is 10.6 Å². The van der Waals surface area contributed by atoms with Gasteiger partial charge in [0.2, 0.25) is 0 Å². The van der Waals surface area contributed by atoms with Crippen molar-refractivity contribution in [2.24, 2.45) is 5.92 Å². The average Bonchev–Trinajstić information content (AvgIpc) is 2.65. The molecule has 140 valence electrons. The molecular formula is C20H27ClN4O. The van der Waals surface area contributed by atoms with Gasteiger partial charge in [-0.15, -0.1) is 0 Å². The topological polar surface area (TPSA) is 50.2 Å². The first-order valence-corrected chi connectivity index (χ1v) is 9.70. The van der Waals surface area contributed by atoms with Crippen LogP contribution in [-0.4, -0.2) is 40.4 Å². The van der Waals surface area contributed by atoms with Gasteiger partial charge in [-0.05, 0) is 37.8 Å². The lowest BCUT2D eigenvalue weighted by Gasteiger charge is -2.35. The zero-order valence-electron chi connectivity index (χ0n) is 15.5. The Hall–Kier alpha value is -1.85. The number of benzene rings is 1. The van der Waals surface area contributed by atoms with E-state index in [1.165, 1.54) is 17.5 Å². The van der Waals surface area contributed by atoms with Crippen LogP contribution in [0.2, 0.25) is 5.02 Å². The molecule has 26 heavy (non-hydrogen) atoms. The summed E-state index contributed by atoms with van der Waals surface area (Å²) < 4.78 is 1.40. The van der Waals surface area contributed by atoms with E-state index in [4.69, 9.17) is 11.6 Å². The van der Waals surface area contributed by atoms with Gasteiger partial charge in [-0.3, -0.25) is 9.69 Å². The van der Waals surface area contributed by atoms with Crippen molar-refractivity contribution in [2.75, 3.05) is 25.0 Å². The fourth-order valence-corrected chi connectivity index (χ4v) is 3.68. The fourth-order valence-electron chi connectivity index (χ4n) is 3.47. The van der Waals surface area contributed by atoms with Gasteiger partial charge >= 0.3 is 0 Å². The molecule has 1 N–H and O–H groups in total. The summed E-state index contributed by atoms with van der Waals surface area (Å²) in [5.41, 5.74) is 1.37. The highest BCUT2D eigenvalue weighted by Crippen LogP contribution is 2.19. The molecule has 1 fully saturated rings. The summed E-state index contributed by atoms with van der Waals surface area (Å²) in [6.07, 6.45) is 4.22. The van der Waals surface area contributed by atoms with E-state index < -0.39 is 0 Å². The van der Waals surface area contributed by atoms with Crippen LogP contribution in [0, 0.1) is 5.92 Å². The van der Waals surface area contributed by atoms with Crippen molar-refractivity contribution in [3.05, 3.63) is 57.5 Å². The Morgan fingerprint density at radius 3 is 2.85 bits per heavy atom.